The van der Waals surface area contributed by atoms with Gasteiger partial charge in [0.25, 0.3) is 0 Å². The Kier molecular flexibility index (Phi) is 4.46. The summed E-state index contributed by atoms with van der Waals surface area (Å²) in [6.45, 7) is 8.36. The van der Waals surface area contributed by atoms with Gasteiger partial charge in [0.15, 0.2) is 0 Å². The van der Waals surface area contributed by atoms with Gasteiger partial charge in [0.1, 0.15) is 5.82 Å². The van der Waals surface area contributed by atoms with Crippen molar-refractivity contribution in [2.24, 2.45) is 0 Å². The Balaban J connectivity index is 2.20. The Bertz CT molecular complexity index is 411. The van der Waals surface area contributed by atoms with Crippen LogP contribution in [0.5, 0.6) is 0 Å². The fourth-order valence-corrected chi connectivity index (χ4v) is 2.92. The minimum absolute atomic E-state index is 0.201. The third-order valence-electron chi connectivity index (χ3n) is 3.74. The van der Waals surface area contributed by atoms with E-state index in [2.05, 4.69) is 23.6 Å². The fraction of sp³-hybridized carbons (Fsp3) is 0.571. The van der Waals surface area contributed by atoms with Crippen molar-refractivity contribution in [1.29, 1.82) is 0 Å². The van der Waals surface area contributed by atoms with Gasteiger partial charge in [-0.25, -0.2) is 4.39 Å². The summed E-state index contributed by atoms with van der Waals surface area (Å²) in [5.74, 6) is 0.0257. The molecule has 1 unspecified atom stereocenters. The molecule has 0 bridgehead atoms. The van der Waals surface area contributed by atoms with E-state index in [9.17, 15) is 4.39 Å². The van der Waals surface area contributed by atoms with Crippen LogP contribution in [0.1, 0.15) is 19.4 Å². The zero-order valence-corrected chi connectivity index (χ0v) is 11.8. The normalized spacial score (nSPS) is 21.3. The molecule has 0 radical (unpaired) electrons. The minimum atomic E-state index is -0.201. The van der Waals surface area contributed by atoms with Gasteiger partial charge in [-0.2, -0.15) is 0 Å². The summed E-state index contributed by atoms with van der Waals surface area (Å²) in [7, 11) is 0. The molecule has 0 aromatic heterocycles. The molecular formula is C14H20ClFN2. The van der Waals surface area contributed by atoms with Crippen molar-refractivity contribution < 1.29 is 4.39 Å². The molecule has 1 atom stereocenters. The first-order valence-corrected chi connectivity index (χ1v) is 7.03. The molecule has 0 saturated carbocycles. The lowest BCUT2D eigenvalue weighted by Gasteiger charge is -2.41. The van der Waals surface area contributed by atoms with Crippen LogP contribution in [0.25, 0.3) is 0 Å². The van der Waals surface area contributed by atoms with E-state index in [0.29, 0.717) is 11.6 Å². The van der Waals surface area contributed by atoms with Gasteiger partial charge < -0.3 is 4.90 Å². The first-order chi connectivity index (χ1) is 8.67. The van der Waals surface area contributed by atoms with E-state index in [1.807, 2.05) is 6.07 Å². The highest BCUT2D eigenvalue weighted by Crippen LogP contribution is 2.27. The van der Waals surface area contributed by atoms with E-state index in [1.165, 1.54) is 6.07 Å². The molecule has 1 fully saturated rings. The van der Waals surface area contributed by atoms with Crippen molar-refractivity contribution in [2.45, 2.75) is 25.8 Å². The summed E-state index contributed by atoms with van der Waals surface area (Å²) < 4.78 is 13.7. The SMILES string of the molecule is CCN1CCN(c2cccc(F)c2CCl)CC1C. The van der Waals surface area contributed by atoms with Crippen LogP contribution in [0.15, 0.2) is 18.2 Å². The average molecular weight is 271 g/mol. The van der Waals surface area contributed by atoms with Crippen LogP contribution >= 0.6 is 11.6 Å². The van der Waals surface area contributed by atoms with Gasteiger partial charge in [-0.3, -0.25) is 4.90 Å². The molecule has 1 aromatic rings. The van der Waals surface area contributed by atoms with E-state index in [4.69, 9.17) is 11.6 Å². The third-order valence-corrected chi connectivity index (χ3v) is 4.01. The average Bonchev–Trinajstić information content (AvgIpc) is 2.38. The number of hydrogen-bond donors (Lipinski definition) is 0. The molecule has 0 amide bonds. The minimum Gasteiger partial charge on any atom is -0.368 e. The number of halogens is 2. The Labute approximate surface area is 113 Å². The standard InChI is InChI=1S/C14H20ClFN2/c1-3-17-7-8-18(10-11(17)2)14-6-4-5-13(16)12(14)9-15/h4-6,11H,3,7-10H2,1-2H3. The number of nitrogens with zero attached hydrogens (tertiary/aromatic N) is 2. The highest BCUT2D eigenvalue weighted by Gasteiger charge is 2.24. The lowest BCUT2D eigenvalue weighted by atomic mass is 10.1. The van der Waals surface area contributed by atoms with Gasteiger partial charge in [0.2, 0.25) is 0 Å². The zero-order chi connectivity index (χ0) is 13.1. The Morgan fingerprint density at radius 3 is 2.78 bits per heavy atom. The number of alkyl halides is 1. The summed E-state index contributed by atoms with van der Waals surface area (Å²) in [5.41, 5.74) is 1.57. The van der Waals surface area contributed by atoms with Crippen molar-refractivity contribution in [1.82, 2.24) is 4.90 Å². The summed E-state index contributed by atoms with van der Waals surface area (Å²) in [5, 5.41) is 0. The van der Waals surface area contributed by atoms with Crippen molar-refractivity contribution >= 4 is 17.3 Å². The smallest absolute Gasteiger partial charge is 0.129 e. The number of anilines is 1. The molecule has 1 heterocycles. The van der Waals surface area contributed by atoms with Gasteiger partial charge in [0, 0.05) is 36.9 Å². The Hall–Kier alpha value is -0.800. The van der Waals surface area contributed by atoms with Crippen LogP contribution in [0, 0.1) is 5.82 Å². The highest BCUT2D eigenvalue weighted by atomic mass is 35.5. The van der Waals surface area contributed by atoms with Gasteiger partial charge in [-0.1, -0.05) is 13.0 Å². The van der Waals surface area contributed by atoms with Crippen LogP contribution in [-0.4, -0.2) is 37.1 Å². The Morgan fingerprint density at radius 2 is 2.17 bits per heavy atom. The molecule has 1 aliphatic heterocycles. The van der Waals surface area contributed by atoms with Crippen LogP contribution in [0.4, 0.5) is 10.1 Å². The number of piperazine rings is 1. The second kappa shape index (κ2) is 5.89. The van der Waals surface area contributed by atoms with E-state index in [0.717, 1.165) is 31.9 Å². The predicted molar refractivity (Wildman–Crippen MR) is 74.9 cm³/mol. The molecule has 18 heavy (non-hydrogen) atoms. The molecule has 2 nitrogen and oxygen atoms in total. The molecule has 1 saturated heterocycles. The van der Waals surface area contributed by atoms with Crippen molar-refractivity contribution in [2.75, 3.05) is 31.1 Å². The van der Waals surface area contributed by atoms with Crippen LogP contribution in [-0.2, 0) is 5.88 Å². The first kappa shape index (κ1) is 13.6. The first-order valence-electron chi connectivity index (χ1n) is 6.49. The molecule has 1 aromatic carbocycles. The van der Waals surface area contributed by atoms with Crippen molar-refractivity contribution in [3.8, 4) is 0 Å². The highest BCUT2D eigenvalue weighted by molar-refractivity contribution is 6.17. The monoisotopic (exact) mass is 270 g/mol. The summed E-state index contributed by atoms with van der Waals surface area (Å²) in [6.07, 6.45) is 0. The predicted octanol–water partition coefficient (Wildman–Crippen LogP) is 3.09. The fourth-order valence-electron chi connectivity index (χ4n) is 2.66. The molecule has 100 valence electrons. The summed E-state index contributed by atoms with van der Waals surface area (Å²) in [6, 6.07) is 5.70. The lowest BCUT2D eigenvalue weighted by molar-refractivity contribution is 0.199. The zero-order valence-electron chi connectivity index (χ0n) is 11.0. The molecule has 0 N–H and O–H groups in total. The van der Waals surface area contributed by atoms with Crippen LogP contribution in [0.3, 0.4) is 0 Å². The lowest BCUT2D eigenvalue weighted by Crippen LogP contribution is -2.52. The maximum atomic E-state index is 13.7. The third kappa shape index (κ3) is 2.62. The second-order valence-corrected chi connectivity index (χ2v) is 5.06. The topological polar surface area (TPSA) is 6.48 Å². The Morgan fingerprint density at radius 1 is 1.39 bits per heavy atom. The van der Waals surface area contributed by atoms with Crippen LogP contribution < -0.4 is 4.90 Å². The van der Waals surface area contributed by atoms with E-state index < -0.39 is 0 Å². The molecule has 2 rings (SSSR count). The molecule has 4 heteroatoms. The van der Waals surface area contributed by atoms with Gasteiger partial charge >= 0.3 is 0 Å². The summed E-state index contributed by atoms with van der Waals surface area (Å²) in [4.78, 5) is 4.69. The number of hydrogen-bond acceptors (Lipinski definition) is 2. The van der Waals surface area contributed by atoms with Crippen molar-refractivity contribution in [3.63, 3.8) is 0 Å². The van der Waals surface area contributed by atoms with Gasteiger partial charge in [-0.15, -0.1) is 11.6 Å². The van der Waals surface area contributed by atoms with Gasteiger partial charge in [0.05, 0.1) is 5.88 Å². The largest absolute Gasteiger partial charge is 0.368 e. The second-order valence-electron chi connectivity index (χ2n) is 4.79. The maximum Gasteiger partial charge on any atom is 0.129 e. The molecular weight excluding hydrogens is 251 g/mol. The molecule has 0 spiro atoms. The van der Waals surface area contributed by atoms with E-state index >= 15 is 0 Å². The number of likely N-dealkylation sites (N-methyl/N-ethyl adjacent to an activating group) is 1. The number of benzene rings is 1. The van der Waals surface area contributed by atoms with Crippen LogP contribution in [0.2, 0.25) is 0 Å². The number of rotatable bonds is 3. The van der Waals surface area contributed by atoms with E-state index in [1.54, 1.807) is 6.07 Å². The van der Waals surface area contributed by atoms with Crippen molar-refractivity contribution in [3.05, 3.63) is 29.6 Å². The van der Waals surface area contributed by atoms with E-state index in [-0.39, 0.29) is 11.7 Å². The molecule has 0 aliphatic carbocycles. The molecule has 1 aliphatic rings. The summed E-state index contributed by atoms with van der Waals surface area (Å²) >= 11 is 5.87. The van der Waals surface area contributed by atoms with Gasteiger partial charge in [-0.05, 0) is 25.6 Å². The maximum absolute atomic E-state index is 13.7. The quantitative estimate of drug-likeness (QED) is 0.779.